The summed E-state index contributed by atoms with van der Waals surface area (Å²) in [5.74, 6) is -0.229. The van der Waals surface area contributed by atoms with E-state index in [2.05, 4.69) is 89.5 Å². The van der Waals surface area contributed by atoms with Gasteiger partial charge in [0.1, 0.15) is 5.82 Å². The van der Waals surface area contributed by atoms with Crippen molar-refractivity contribution >= 4 is 21.8 Å². The first-order valence-electron chi connectivity index (χ1n) is 10.7. The summed E-state index contributed by atoms with van der Waals surface area (Å²) in [6, 6.07) is 40.8. The number of nitrogens with zero attached hydrogens (tertiary/aromatic N) is 1. The first-order valence-corrected chi connectivity index (χ1v) is 10.7. The van der Waals surface area contributed by atoms with E-state index in [9.17, 15) is 4.39 Å². The van der Waals surface area contributed by atoms with Crippen molar-refractivity contribution in [2.75, 3.05) is 0 Å². The molecule has 0 unspecified atom stereocenters. The van der Waals surface area contributed by atoms with Gasteiger partial charge < -0.3 is 4.57 Å². The number of hydrogen-bond acceptors (Lipinski definition) is 0. The second kappa shape index (κ2) is 7.51. The highest BCUT2D eigenvalue weighted by atomic mass is 19.1. The van der Waals surface area contributed by atoms with Crippen LogP contribution in [0.3, 0.4) is 0 Å². The van der Waals surface area contributed by atoms with Gasteiger partial charge in [-0.3, -0.25) is 0 Å². The zero-order valence-corrected chi connectivity index (χ0v) is 17.4. The Labute approximate surface area is 186 Å². The molecular formula is C30H20FN. The molecule has 5 aromatic carbocycles. The maximum atomic E-state index is 13.6. The fourth-order valence-corrected chi connectivity index (χ4v) is 4.51. The van der Waals surface area contributed by atoms with Crippen LogP contribution in [0.4, 0.5) is 4.39 Å². The molecule has 1 aromatic heterocycles. The lowest BCUT2D eigenvalue weighted by atomic mass is 10.0. The Morgan fingerprint density at radius 3 is 1.38 bits per heavy atom. The van der Waals surface area contributed by atoms with Crippen molar-refractivity contribution in [1.82, 2.24) is 4.57 Å². The Hall–Kier alpha value is -4.17. The Balaban J connectivity index is 1.66. The molecule has 2 heteroatoms. The van der Waals surface area contributed by atoms with Crippen molar-refractivity contribution in [2.24, 2.45) is 0 Å². The number of fused-ring (bicyclic) bond motifs is 3. The van der Waals surface area contributed by atoms with Gasteiger partial charge in [0.15, 0.2) is 0 Å². The molecule has 0 bridgehead atoms. The second-order valence-corrected chi connectivity index (χ2v) is 8.01. The average molecular weight is 413 g/mol. The number of hydrogen-bond donors (Lipinski definition) is 0. The molecule has 0 saturated heterocycles. The van der Waals surface area contributed by atoms with E-state index in [4.69, 9.17) is 0 Å². The van der Waals surface area contributed by atoms with Crippen molar-refractivity contribution in [3.05, 3.63) is 127 Å². The smallest absolute Gasteiger partial charge is 0.123 e. The highest BCUT2D eigenvalue weighted by Gasteiger charge is 2.14. The second-order valence-electron chi connectivity index (χ2n) is 8.01. The van der Waals surface area contributed by atoms with Crippen LogP contribution in [0.1, 0.15) is 0 Å². The third-order valence-corrected chi connectivity index (χ3v) is 6.06. The van der Waals surface area contributed by atoms with Gasteiger partial charge in [0.2, 0.25) is 0 Å². The summed E-state index contributed by atoms with van der Waals surface area (Å²) >= 11 is 0. The van der Waals surface area contributed by atoms with Crippen LogP contribution in [0.15, 0.2) is 121 Å². The quantitative estimate of drug-likeness (QED) is 0.275. The monoisotopic (exact) mass is 413 g/mol. The molecule has 0 radical (unpaired) electrons. The normalized spacial score (nSPS) is 11.3. The van der Waals surface area contributed by atoms with E-state index in [-0.39, 0.29) is 5.82 Å². The minimum absolute atomic E-state index is 0.229. The van der Waals surface area contributed by atoms with Gasteiger partial charge in [-0.05, 0) is 70.8 Å². The van der Waals surface area contributed by atoms with E-state index in [0.29, 0.717) is 0 Å². The fraction of sp³-hybridized carbons (Fsp3) is 0. The van der Waals surface area contributed by atoms with Crippen LogP contribution in [0.5, 0.6) is 0 Å². The zero-order chi connectivity index (χ0) is 21.5. The molecule has 6 aromatic rings. The van der Waals surface area contributed by atoms with Gasteiger partial charge in [-0.25, -0.2) is 4.39 Å². The van der Waals surface area contributed by atoms with Crippen LogP contribution in [-0.2, 0) is 0 Å². The molecule has 0 N–H and O–H groups in total. The summed E-state index contributed by atoms with van der Waals surface area (Å²) in [5.41, 5.74) is 7.91. The van der Waals surface area contributed by atoms with Crippen molar-refractivity contribution in [3.63, 3.8) is 0 Å². The van der Waals surface area contributed by atoms with E-state index in [1.807, 2.05) is 24.3 Å². The van der Waals surface area contributed by atoms with Crippen molar-refractivity contribution in [3.8, 4) is 27.9 Å². The molecule has 0 saturated carbocycles. The first kappa shape index (κ1) is 18.6. The van der Waals surface area contributed by atoms with Gasteiger partial charge in [0.05, 0.1) is 11.0 Å². The van der Waals surface area contributed by atoms with Crippen molar-refractivity contribution in [2.45, 2.75) is 0 Å². The van der Waals surface area contributed by atoms with Gasteiger partial charge in [0, 0.05) is 16.5 Å². The van der Waals surface area contributed by atoms with E-state index < -0.39 is 0 Å². The predicted molar refractivity (Wildman–Crippen MR) is 132 cm³/mol. The van der Waals surface area contributed by atoms with Crippen LogP contribution in [0, 0.1) is 5.82 Å². The number of rotatable bonds is 3. The molecule has 152 valence electrons. The Morgan fingerprint density at radius 2 is 0.906 bits per heavy atom. The van der Waals surface area contributed by atoms with Gasteiger partial charge in [0.25, 0.3) is 0 Å². The summed E-state index contributed by atoms with van der Waals surface area (Å²) in [7, 11) is 0. The molecule has 0 atom stereocenters. The van der Waals surface area contributed by atoms with Crippen LogP contribution in [0.25, 0.3) is 49.7 Å². The SMILES string of the molecule is Fc1ccc(-n2c3ccc(-c4ccccc4)cc3c3cc(-c4ccccc4)ccc32)cc1. The highest BCUT2D eigenvalue weighted by molar-refractivity contribution is 6.11. The van der Waals surface area contributed by atoms with Gasteiger partial charge in [-0.2, -0.15) is 0 Å². The lowest BCUT2D eigenvalue weighted by Crippen LogP contribution is -1.93. The molecule has 0 amide bonds. The standard InChI is InChI=1S/C30H20FN/c31-25-13-15-26(16-14-25)32-29-17-11-23(21-7-3-1-4-8-21)19-27(29)28-20-24(12-18-30(28)32)22-9-5-2-6-10-22/h1-20H. The van der Waals surface area contributed by atoms with Gasteiger partial charge in [-0.1, -0.05) is 72.8 Å². The predicted octanol–water partition coefficient (Wildman–Crippen LogP) is 8.26. The number of aromatic nitrogens is 1. The molecule has 0 aliphatic rings. The molecular weight excluding hydrogens is 393 g/mol. The van der Waals surface area contributed by atoms with E-state index in [0.717, 1.165) is 16.7 Å². The summed E-state index contributed by atoms with van der Waals surface area (Å²) in [5, 5.41) is 2.37. The summed E-state index contributed by atoms with van der Waals surface area (Å²) in [4.78, 5) is 0. The van der Waals surface area contributed by atoms with Crippen LogP contribution in [0.2, 0.25) is 0 Å². The van der Waals surface area contributed by atoms with Gasteiger partial charge >= 0.3 is 0 Å². The lowest BCUT2D eigenvalue weighted by Gasteiger charge is -2.09. The minimum Gasteiger partial charge on any atom is -0.309 e. The molecule has 1 heterocycles. The summed E-state index contributed by atoms with van der Waals surface area (Å²) in [6.45, 7) is 0. The first-order chi connectivity index (χ1) is 15.8. The van der Waals surface area contributed by atoms with E-state index in [1.54, 1.807) is 0 Å². The van der Waals surface area contributed by atoms with Crippen LogP contribution < -0.4 is 0 Å². The Kier molecular flexibility index (Phi) is 4.36. The molecule has 0 spiro atoms. The molecule has 0 aliphatic heterocycles. The average Bonchev–Trinajstić information content (AvgIpc) is 3.19. The number of benzene rings is 5. The highest BCUT2D eigenvalue weighted by Crippen LogP contribution is 2.37. The molecule has 6 rings (SSSR count). The third kappa shape index (κ3) is 3.09. The summed E-state index contributed by atoms with van der Waals surface area (Å²) in [6.07, 6.45) is 0. The molecule has 0 fully saturated rings. The zero-order valence-electron chi connectivity index (χ0n) is 17.4. The van der Waals surface area contributed by atoms with E-state index in [1.165, 1.54) is 45.2 Å². The van der Waals surface area contributed by atoms with E-state index >= 15 is 0 Å². The molecule has 32 heavy (non-hydrogen) atoms. The summed E-state index contributed by atoms with van der Waals surface area (Å²) < 4.78 is 15.8. The maximum Gasteiger partial charge on any atom is 0.123 e. The van der Waals surface area contributed by atoms with Crippen LogP contribution >= 0.6 is 0 Å². The minimum atomic E-state index is -0.229. The Morgan fingerprint density at radius 1 is 0.438 bits per heavy atom. The fourth-order valence-electron chi connectivity index (χ4n) is 4.51. The molecule has 0 aliphatic carbocycles. The topological polar surface area (TPSA) is 4.93 Å². The van der Waals surface area contributed by atoms with Crippen molar-refractivity contribution in [1.29, 1.82) is 0 Å². The number of halogens is 1. The van der Waals surface area contributed by atoms with Crippen LogP contribution in [-0.4, -0.2) is 4.57 Å². The third-order valence-electron chi connectivity index (χ3n) is 6.06. The van der Waals surface area contributed by atoms with Crippen molar-refractivity contribution < 1.29 is 4.39 Å². The molecule has 1 nitrogen and oxygen atoms in total. The maximum absolute atomic E-state index is 13.6. The Bertz CT molecular complexity index is 1450. The lowest BCUT2D eigenvalue weighted by molar-refractivity contribution is 0.627. The largest absolute Gasteiger partial charge is 0.309 e. The van der Waals surface area contributed by atoms with Gasteiger partial charge in [-0.15, -0.1) is 0 Å².